The summed E-state index contributed by atoms with van der Waals surface area (Å²) in [6, 6.07) is 11.5. The van der Waals surface area contributed by atoms with Crippen LogP contribution in [-0.4, -0.2) is 53.6 Å². The van der Waals surface area contributed by atoms with Crippen molar-refractivity contribution in [3.8, 4) is 0 Å². The number of Topliss-reactive ketones (excluding diaryl/α,β-unsaturated/α-hetero) is 1. The van der Waals surface area contributed by atoms with Gasteiger partial charge >= 0.3 is 0 Å². The molecule has 2 aliphatic heterocycles. The lowest BCUT2D eigenvalue weighted by atomic mass is 9.86. The lowest BCUT2D eigenvalue weighted by molar-refractivity contribution is -0.138. The molecule has 2 aliphatic rings. The van der Waals surface area contributed by atoms with Crippen LogP contribution in [0.3, 0.4) is 0 Å². The van der Waals surface area contributed by atoms with Crippen LogP contribution in [0.15, 0.2) is 42.5 Å². The summed E-state index contributed by atoms with van der Waals surface area (Å²) in [6.07, 6.45) is 2.87. The lowest BCUT2D eigenvalue weighted by Crippen LogP contribution is -2.49. The van der Waals surface area contributed by atoms with Crippen LogP contribution in [0.5, 0.6) is 0 Å². The number of aryl methyl sites for hydroxylation is 2. The molecule has 2 amide bonds. The summed E-state index contributed by atoms with van der Waals surface area (Å²) in [7, 11) is 0. The van der Waals surface area contributed by atoms with E-state index in [9.17, 15) is 18.8 Å². The second-order valence-electron chi connectivity index (χ2n) is 9.38. The van der Waals surface area contributed by atoms with Gasteiger partial charge in [0.15, 0.2) is 5.78 Å². The minimum absolute atomic E-state index is 0.0571. The fraction of sp³-hybridized carbons (Fsp3) is 0.444. The summed E-state index contributed by atoms with van der Waals surface area (Å²) < 4.78 is 13.2. The van der Waals surface area contributed by atoms with Crippen molar-refractivity contribution in [3.05, 3.63) is 70.5 Å². The van der Waals surface area contributed by atoms with Crippen LogP contribution >= 0.6 is 0 Å². The molecule has 174 valence electrons. The van der Waals surface area contributed by atoms with Crippen molar-refractivity contribution in [2.75, 3.05) is 26.2 Å². The first-order valence-corrected chi connectivity index (χ1v) is 11.8. The highest BCUT2D eigenvalue weighted by atomic mass is 19.1. The van der Waals surface area contributed by atoms with Gasteiger partial charge in [-0.25, -0.2) is 4.39 Å². The Morgan fingerprint density at radius 3 is 2.21 bits per heavy atom. The number of piperidine rings is 2. The third-order valence-corrected chi connectivity index (χ3v) is 6.97. The van der Waals surface area contributed by atoms with E-state index in [-0.39, 0.29) is 35.3 Å². The maximum atomic E-state index is 13.2. The number of halogens is 1. The van der Waals surface area contributed by atoms with Gasteiger partial charge in [0.1, 0.15) is 5.82 Å². The van der Waals surface area contributed by atoms with Gasteiger partial charge in [-0.05, 0) is 69.4 Å². The monoisotopic (exact) mass is 450 g/mol. The fourth-order valence-corrected chi connectivity index (χ4v) is 5.07. The van der Waals surface area contributed by atoms with Crippen LogP contribution in [-0.2, 0) is 4.79 Å². The quantitative estimate of drug-likeness (QED) is 0.648. The predicted molar refractivity (Wildman–Crippen MR) is 125 cm³/mol. The van der Waals surface area contributed by atoms with Crippen LogP contribution in [0.1, 0.15) is 57.5 Å². The molecule has 2 saturated heterocycles. The molecule has 0 aliphatic carbocycles. The van der Waals surface area contributed by atoms with E-state index in [0.717, 1.165) is 29.5 Å². The van der Waals surface area contributed by atoms with E-state index in [0.29, 0.717) is 44.6 Å². The van der Waals surface area contributed by atoms with Gasteiger partial charge in [0, 0.05) is 43.2 Å². The fourth-order valence-electron chi connectivity index (χ4n) is 5.07. The molecule has 0 aromatic heterocycles. The molecule has 2 aromatic rings. The van der Waals surface area contributed by atoms with Crippen molar-refractivity contribution >= 4 is 17.6 Å². The molecule has 2 heterocycles. The maximum Gasteiger partial charge on any atom is 0.253 e. The Balaban J connectivity index is 1.34. The molecule has 1 unspecified atom stereocenters. The molecule has 0 radical (unpaired) electrons. The van der Waals surface area contributed by atoms with E-state index in [1.165, 1.54) is 24.3 Å². The van der Waals surface area contributed by atoms with Crippen molar-refractivity contribution in [2.45, 2.75) is 39.5 Å². The number of likely N-dealkylation sites (tertiary alicyclic amines) is 2. The van der Waals surface area contributed by atoms with Gasteiger partial charge in [0.25, 0.3) is 5.91 Å². The molecule has 0 saturated carbocycles. The number of rotatable bonds is 4. The Morgan fingerprint density at radius 1 is 0.848 bits per heavy atom. The number of hydrogen-bond acceptors (Lipinski definition) is 3. The molecule has 0 bridgehead atoms. The lowest BCUT2D eigenvalue weighted by Gasteiger charge is -2.37. The molecule has 6 heteroatoms. The predicted octanol–water partition coefficient (Wildman–Crippen LogP) is 4.42. The second kappa shape index (κ2) is 9.86. The number of benzene rings is 2. The molecule has 33 heavy (non-hydrogen) atoms. The molecule has 0 N–H and O–H groups in total. The molecule has 1 atom stereocenters. The van der Waals surface area contributed by atoms with E-state index in [4.69, 9.17) is 0 Å². The van der Waals surface area contributed by atoms with Crippen molar-refractivity contribution in [3.63, 3.8) is 0 Å². The Labute approximate surface area is 194 Å². The van der Waals surface area contributed by atoms with E-state index in [1.54, 1.807) is 4.90 Å². The number of carbonyl (C=O) groups excluding carboxylic acids is 3. The minimum Gasteiger partial charge on any atom is -0.342 e. The van der Waals surface area contributed by atoms with Crippen molar-refractivity contribution < 1.29 is 18.8 Å². The highest BCUT2D eigenvalue weighted by molar-refractivity contribution is 5.99. The number of nitrogens with zero attached hydrogens (tertiary/aromatic N) is 2. The topological polar surface area (TPSA) is 57.7 Å². The molecular formula is C27H31FN2O3. The third-order valence-electron chi connectivity index (χ3n) is 6.97. The van der Waals surface area contributed by atoms with Gasteiger partial charge in [-0.3, -0.25) is 14.4 Å². The van der Waals surface area contributed by atoms with Crippen LogP contribution in [0.25, 0.3) is 0 Å². The minimum atomic E-state index is -0.377. The summed E-state index contributed by atoms with van der Waals surface area (Å²) in [5, 5.41) is 0. The van der Waals surface area contributed by atoms with Crippen molar-refractivity contribution in [2.24, 2.45) is 11.8 Å². The SMILES string of the molecule is Cc1ccc(C(=O)C2CCN(C(=O)C3CCCN(C(=O)c4ccc(F)cc4)C3)CC2)c(C)c1. The maximum absolute atomic E-state index is 13.2. The van der Waals surface area contributed by atoms with E-state index in [2.05, 4.69) is 0 Å². The molecular weight excluding hydrogens is 419 g/mol. The molecule has 2 aromatic carbocycles. The number of hydrogen-bond donors (Lipinski definition) is 0. The normalized spacial score (nSPS) is 19.4. The number of ketones is 1. The van der Waals surface area contributed by atoms with Crippen molar-refractivity contribution in [1.82, 2.24) is 9.80 Å². The average Bonchev–Trinajstić information content (AvgIpc) is 2.83. The van der Waals surface area contributed by atoms with Crippen LogP contribution in [0.4, 0.5) is 4.39 Å². The first-order valence-electron chi connectivity index (χ1n) is 11.8. The van der Waals surface area contributed by atoms with E-state index in [1.807, 2.05) is 36.9 Å². The summed E-state index contributed by atoms with van der Waals surface area (Å²) in [5.74, 6) is -0.576. The third kappa shape index (κ3) is 5.15. The molecule has 0 spiro atoms. The van der Waals surface area contributed by atoms with E-state index >= 15 is 0 Å². The zero-order chi connectivity index (χ0) is 23.5. The largest absolute Gasteiger partial charge is 0.342 e. The standard InChI is InChI=1S/C27H31FN2O3/c1-18-5-10-24(19(2)16-18)25(31)20-11-14-29(15-12-20)27(33)22-4-3-13-30(17-22)26(32)21-6-8-23(28)9-7-21/h5-10,16,20,22H,3-4,11-15,17H2,1-2H3. The Bertz CT molecular complexity index is 1040. The molecule has 2 fully saturated rings. The van der Waals surface area contributed by atoms with Gasteiger partial charge in [-0.1, -0.05) is 23.8 Å². The Hall–Kier alpha value is -3.02. The number of amides is 2. The highest BCUT2D eigenvalue weighted by Crippen LogP contribution is 2.27. The Morgan fingerprint density at radius 2 is 1.55 bits per heavy atom. The van der Waals surface area contributed by atoms with Crippen LogP contribution in [0.2, 0.25) is 0 Å². The van der Waals surface area contributed by atoms with Gasteiger partial charge in [-0.15, -0.1) is 0 Å². The summed E-state index contributed by atoms with van der Waals surface area (Å²) in [4.78, 5) is 42.6. The highest BCUT2D eigenvalue weighted by Gasteiger charge is 2.34. The van der Waals surface area contributed by atoms with Crippen molar-refractivity contribution in [1.29, 1.82) is 0 Å². The van der Waals surface area contributed by atoms with Crippen LogP contribution in [0, 0.1) is 31.5 Å². The smallest absolute Gasteiger partial charge is 0.253 e. The summed E-state index contributed by atoms with van der Waals surface area (Å²) >= 11 is 0. The summed E-state index contributed by atoms with van der Waals surface area (Å²) in [5.41, 5.74) is 3.37. The van der Waals surface area contributed by atoms with Gasteiger partial charge in [0.05, 0.1) is 5.92 Å². The molecule has 5 nitrogen and oxygen atoms in total. The van der Waals surface area contributed by atoms with Gasteiger partial charge < -0.3 is 9.80 Å². The first-order chi connectivity index (χ1) is 15.8. The summed E-state index contributed by atoms with van der Waals surface area (Å²) in [6.45, 7) is 6.12. The molecule has 4 rings (SSSR count). The zero-order valence-corrected chi connectivity index (χ0v) is 19.4. The van der Waals surface area contributed by atoms with E-state index < -0.39 is 0 Å². The zero-order valence-electron chi connectivity index (χ0n) is 19.4. The number of carbonyl (C=O) groups is 3. The average molecular weight is 451 g/mol. The van der Waals surface area contributed by atoms with Gasteiger partial charge in [-0.2, -0.15) is 0 Å². The van der Waals surface area contributed by atoms with Gasteiger partial charge in [0.2, 0.25) is 5.91 Å². The second-order valence-corrected chi connectivity index (χ2v) is 9.38. The van der Waals surface area contributed by atoms with Crippen LogP contribution < -0.4 is 0 Å². The Kier molecular flexibility index (Phi) is 6.91. The first kappa shape index (κ1) is 23.1.